The summed E-state index contributed by atoms with van der Waals surface area (Å²) >= 11 is 0. The van der Waals surface area contributed by atoms with Gasteiger partial charge in [-0.25, -0.2) is 68.1 Å². The lowest BCUT2D eigenvalue weighted by atomic mass is 10.0. The summed E-state index contributed by atoms with van der Waals surface area (Å²) in [7, 11) is 3.27. The molecule has 17 rings (SSSR count). The largest absolute Gasteiger partial charge is 0.481 e. The van der Waals surface area contributed by atoms with Gasteiger partial charge in [0.1, 0.15) is 16.6 Å². The molecule has 0 fully saturated rings. The summed E-state index contributed by atoms with van der Waals surface area (Å²) < 4.78 is 15.3. The van der Waals surface area contributed by atoms with Crippen LogP contribution in [0, 0.1) is 6.92 Å². The zero-order chi connectivity index (χ0) is 86.4. The molecule has 0 radical (unpaired) electrons. The van der Waals surface area contributed by atoms with Gasteiger partial charge in [0.2, 0.25) is 35.6 Å². The summed E-state index contributed by atoms with van der Waals surface area (Å²) in [6.07, 6.45) is 17.3. The molecule has 0 saturated carbocycles. The molecule has 14 N–H and O–H groups in total. The molecule has 0 aliphatic rings. The van der Waals surface area contributed by atoms with Crippen LogP contribution in [0.25, 0.3) is 117 Å². The molecule has 0 aliphatic heterocycles. The first-order valence-corrected chi connectivity index (χ1v) is 39.2. The Morgan fingerprint density at radius 3 is 1.27 bits per heavy atom. The maximum absolute atomic E-state index is 13.1. The molecule has 0 unspecified atom stereocenters. The molecule has 12 aromatic heterocycles. The third-order valence-electron chi connectivity index (χ3n) is 19.2. The molecule has 624 valence electrons. The zero-order valence-electron chi connectivity index (χ0n) is 68.3. The van der Waals surface area contributed by atoms with Crippen LogP contribution in [-0.2, 0) is 13.6 Å². The van der Waals surface area contributed by atoms with E-state index in [1.807, 2.05) is 194 Å². The number of nitrogen functional groups attached to an aromatic ring is 1. The summed E-state index contributed by atoms with van der Waals surface area (Å²) in [6.45, 7) is 15.8. The average molecular weight is 1650 g/mol. The maximum atomic E-state index is 13.1. The quantitative estimate of drug-likeness (QED) is 0.0337. The van der Waals surface area contributed by atoms with E-state index in [0.29, 0.717) is 95.7 Å². The SMILES string of the molecule is CCNC(=O)Nc1nc2c(-c3cccc(OC)n3)cc(-c3cnc(N)nc3)cc2[nH]1.CCNC(=O)Nc1nc2c(-n3cccn3)cc(-c3cc(C)n(Cc4ccccc4)c(=O)c3)cc2[nH]1.CCNC(=O)Nc1nc2c(-n3cccn3)cc(-c3ccn(C(C)C)c(=O)c3)cc2[nH]1.CCNC(=O)Nc1nc2c(-n3cccn3)cc(-c3ccn(C)c(=O)c3)cc2[nH]1. The van der Waals surface area contributed by atoms with Crippen LogP contribution < -0.4 is 69.7 Å². The Morgan fingerprint density at radius 1 is 0.439 bits per heavy atom. The van der Waals surface area contributed by atoms with Crippen molar-refractivity contribution in [1.29, 1.82) is 0 Å². The molecule has 12 heterocycles. The molecule has 0 aliphatic carbocycles. The first-order valence-electron chi connectivity index (χ1n) is 39.2. The molecule has 0 atom stereocenters. The number of ether oxygens (including phenoxy) is 1. The van der Waals surface area contributed by atoms with E-state index < -0.39 is 0 Å². The number of rotatable bonds is 20. The molecular formula is C86H87N29O8. The van der Waals surface area contributed by atoms with Crippen molar-refractivity contribution in [1.82, 2.24) is 119 Å². The van der Waals surface area contributed by atoms with E-state index in [4.69, 9.17) is 10.5 Å². The lowest BCUT2D eigenvalue weighted by Crippen LogP contribution is -2.28. The molecule has 0 bridgehead atoms. The molecule has 0 spiro atoms. The number of hydrogen-bond donors (Lipinski definition) is 13. The molecule has 0 saturated heterocycles. The Labute approximate surface area is 700 Å². The van der Waals surface area contributed by atoms with Crippen LogP contribution >= 0.6 is 0 Å². The Balaban J connectivity index is 0.000000134. The van der Waals surface area contributed by atoms with Crippen LogP contribution in [0.5, 0.6) is 5.88 Å². The molecule has 5 aromatic carbocycles. The van der Waals surface area contributed by atoms with Gasteiger partial charge in [-0.15, -0.1) is 0 Å². The van der Waals surface area contributed by atoms with Gasteiger partial charge in [0.15, 0.2) is 0 Å². The number of aryl methyl sites for hydroxylation is 2. The molecule has 8 amide bonds. The van der Waals surface area contributed by atoms with E-state index in [1.165, 1.54) is 4.57 Å². The second-order valence-electron chi connectivity index (χ2n) is 28.0. The van der Waals surface area contributed by atoms with Crippen molar-refractivity contribution in [2.75, 3.05) is 60.3 Å². The molecule has 37 nitrogen and oxygen atoms in total. The van der Waals surface area contributed by atoms with Gasteiger partial charge in [0, 0.05) is 142 Å². The Morgan fingerprint density at radius 2 is 0.854 bits per heavy atom. The van der Waals surface area contributed by atoms with Gasteiger partial charge in [-0.1, -0.05) is 36.4 Å². The van der Waals surface area contributed by atoms with Crippen molar-refractivity contribution in [3.63, 3.8) is 0 Å². The first kappa shape index (κ1) is 82.9. The average Bonchev–Trinajstić information content (AvgIpc) is 1.67. The minimum absolute atomic E-state index is 0.0635. The predicted molar refractivity (Wildman–Crippen MR) is 472 cm³/mol. The topological polar surface area (TPSA) is 473 Å². The summed E-state index contributed by atoms with van der Waals surface area (Å²) in [5.41, 5.74) is 22.9. The molecular weight excluding hydrogens is 1570 g/mol. The number of nitrogens with zero attached hydrogens (tertiary/aromatic N) is 16. The fourth-order valence-corrected chi connectivity index (χ4v) is 13.4. The van der Waals surface area contributed by atoms with Gasteiger partial charge in [0.05, 0.1) is 64.0 Å². The maximum Gasteiger partial charge on any atom is 0.321 e. The van der Waals surface area contributed by atoms with Gasteiger partial charge in [0.25, 0.3) is 16.7 Å². The third kappa shape index (κ3) is 19.5. The first-order chi connectivity index (χ1) is 59.6. The van der Waals surface area contributed by atoms with Gasteiger partial charge in [-0.2, -0.15) is 15.3 Å². The number of hydrogen-bond acceptors (Lipinski definition) is 19. The van der Waals surface area contributed by atoms with Crippen molar-refractivity contribution in [2.24, 2.45) is 7.05 Å². The van der Waals surface area contributed by atoms with E-state index in [2.05, 4.69) is 113 Å². The highest BCUT2D eigenvalue weighted by atomic mass is 16.5. The van der Waals surface area contributed by atoms with Crippen LogP contribution in [0.1, 0.15) is 58.8 Å². The number of aromatic amines is 4. The summed E-state index contributed by atoms with van der Waals surface area (Å²) in [5, 5.41) is 34.5. The standard InChI is InChI=1S/C26H25N7O2.C21H23N7O2.C20H20N8O2.C19H19N7O2/c1-3-27-26(35)31-25-29-21-13-20(14-22(24(21)30-25)33-11-7-10-28-33)19-12-17(2)32(23(34)15-19)16-18-8-5-4-6-9-18;1-4-22-21(30)26-20-24-16-10-15(14-6-9-27(13(2)3)18(29)12-14)11-17(19(16)25-20)28-8-5-7-23-28;1-3-22-20(29)28-19-26-15-8-11(12-9-23-18(21)24-10-12)7-13(17(15)27-19)14-5-4-6-16(25-14)30-2;1-3-20-19(28)24-18-22-14-9-13(12-5-8-25(2)16(27)11-12)10-15(17(14)23-18)26-7-4-6-21-26/h4-15H,3,16H2,1-2H3,(H3,27,29,30,31,35);5-13H,4H2,1-3H3,(H3,22,24,25,26,30);4-10H,3H2,1-2H3,(H2,21,23,24)(H3,22,26,27,28,29);4-11H,3H2,1-2H3,(H3,20,22,23,24,28). The van der Waals surface area contributed by atoms with E-state index in [-0.39, 0.29) is 52.8 Å². The van der Waals surface area contributed by atoms with E-state index in [0.717, 1.165) is 94.9 Å². The summed E-state index contributed by atoms with van der Waals surface area (Å²) in [5.74, 6) is 1.99. The number of nitrogens with two attached hydrogens (primary N) is 1. The minimum atomic E-state index is -0.343. The van der Waals surface area contributed by atoms with Gasteiger partial charge in [-0.05, 0) is 184 Å². The third-order valence-corrected chi connectivity index (χ3v) is 19.2. The van der Waals surface area contributed by atoms with Crippen molar-refractivity contribution < 1.29 is 23.9 Å². The van der Waals surface area contributed by atoms with Crippen molar-refractivity contribution >= 4 is 98.0 Å². The molecule has 37 heteroatoms. The van der Waals surface area contributed by atoms with Gasteiger partial charge >= 0.3 is 24.1 Å². The number of amides is 8. The van der Waals surface area contributed by atoms with E-state index in [1.54, 1.807) is 105 Å². The van der Waals surface area contributed by atoms with Crippen molar-refractivity contribution in [3.05, 3.63) is 256 Å². The van der Waals surface area contributed by atoms with Crippen LogP contribution in [0.2, 0.25) is 0 Å². The monoisotopic (exact) mass is 1650 g/mol. The number of imidazole rings is 4. The lowest BCUT2D eigenvalue weighted by Gasteiger charge is -2.13. The van der Waals surface area contributed by atoms with Crippen molar-refractivity contribution in [2.45, 2.75) is 61.1 Å². The highest BCUT2D eigenvalue weighted by Crippen LogP contribution is 2.36. The Hall–Kier alpha value is -16.6. The lowest BCUT2D eigenvalue weighted by molar-refractivity contribution is 0.251. The van der Waals surface area contributed by atoms with Crippen molar-refractivity contribution in [3.8, 4) is 78.7 Å². The Bertz CT molecular complexity index is 6840. The number of H-pyrrole nitrogens is 4. The van der Waals surface area contributed by atoms with Crippen LogP contribution in [-0.4, -0.2) is 155 Å². The normalized spacial score (nSPS) is 11.0. The number of urea groups is 4. The minimum Gasteiger partial charge on any atom is -0.481 e. The van der Waals surface area contributed by atoms with Gasteiger partial charge in [-0.3, -0.25) is 35.7 Å². The number of pyridine rings is 4. The van der Waals surface area contributed by atoms with Crippen LogP contribution in [0.3, 0.4) is 0 Å². The number of nitrogens with one attached hydrogen (secondary N) is 12. The smallest absolute Gasteiger partial charge is 0.321 e. The number of carbonyl (C=O) groups excluding carboxylic acids is 4. The van der Waals surface area contributed by atoms with E-state index >= 15 is 0 Å². The highest BCUT2D eigenvalue weighted by Gasteiger charge is 2.22. The number of fused-ring (bicyclic) bond motifs is 4. The fourth-order valence-electron chi connectivity index (χ4n) is 13.4. The molecule has 17 aromatic rings. The number of carbonyl (C=O) groups is 4. The number of methoxy groups -OCH3 is 1. The number of aromatic nitrogens is 20. The highest BCUT2D eigenvalue weighted by molar-refractivity contribution is 6.00. The summed E-state index contributed by atoms with van der Waals surface area (Å²) in [6, 6.07) is 45.6. The predicted octanol–water partition coefficient (Wildman–Crippen LogP) is 12.4. The molecule has 123 heavy (non-hydrogen) atoms. The zero-order valence-corrected chi connectivity index (χ0v) is 68.3. The second-order valence-corrected chi connectivity index (χ2v) is 28.0. The fraction of sp³-hybridized carbons (Fsp3) is 0.174. The van der Waals surface area contributed by atoms with E-state index in [9.17, 15) is 33.6 Å². The summed E-state index contributed by atoms with van der Waals surface area (Å²) in [4.78, 5) is 129. The van der Waals surface area contributed by atoms with Crippen LogP contribution in [0.15, 0.2) is 228 Å². The van der Waals surface area contributed by atoms with Gasteiger partial charge < -0.3 is 65.4 Å². The number of benzene rings is 5. The Kier molecular flexibility index (Phi) is 25.1. The van der Waals surface area contributed by atoms with Crippen LogP contribution in [0.4, 0.5) is 48.9 Å². The number of anilines is 5. The second kappa shape index (κ2) is 37.3.